The summed E-state index contributed by atoms with van der Waals surface area (Å²) < 4.78 is 21.9. The van der Waals surface area contributed by atoms with Crippen molar-refractivity contribution in [2.45, 2.75) is 6.04 Å². The first-order valence-corrected chi connectivity index (χ1v) is 11.7. The van der Waals surface area contributed by atoms with Gasteiger partial charge in [0.15, 0.2) is 23.0 Å². The molecule has 2 aliphatic heterocycles. The van der Waals surface area contributed by atoms with E-state index >= 15 is 0 Å². The Morgan fingerprint density at radius 3 is 2.55 bits per heavy atom. The number of hydrogen-bond donors (Lipinski definition) is 2. The summed E-state index contributed by atoms with van der Waals surface area (Å²) in [4.78, 5) is 39.9. The normalized spacial score (nSPS) is 18.2. The predicted molar refractivity (Wildman–Crippen MR) is 136 cm³/mol. The number of pyridine rings is 1. The summed E-state index contributed by atoms with van der Waals surface area (Å²) in [5.41, 5.74) is 1.78. The molecular formula is C27H22N4O7. The molecule has 192 valence electrons. The SMILES string of the molecule is COc1cc2nc(N3C(=O)C(=O)/C(=C(/O)c4ccc5c(c4)OCCO5)C3c3cccnc3)[nH]c2cc1OC. The molecule has 0 spiro atoms. The van der Waals surface area contributed by atoms with Crippen LogP contribution in [-0.4, -0.2) is 59.2 Å². The third kappa shape index (κ3) is 3.67. The number of amides is 1. The molecule has 2 aromatic heterocycles. The molecule has 1 amide bonds. The first-order valence-electron chi connectivity index (χ1n) is 11.7. The highest BCUT2D eigenvalue weighted by Crippen LogP contribution is 2.43. The number of imidazole rings is 1. The number of aromatic nitrogens is 3. The van der Waals surface area contributed by atoms with Crippen molar-refractivity contribution in [3.05, 3.63) is 71.6 Å². The second-order valence-corrected chi connectivity index (χ2v) is 8.60. The van der Waals surface area contributed by atoms with E-state index in [2.05, 4.69) is 15.0 Å². The Kier molecular flexibility index (Phi) is 5.60. The molecule has 38 heavy (non-hydrogen) atoms. The van der Waals surface area contributed by atoms with Gasteiger partial charge in [-0.05, 0) is 29.8 Å². The zero-order chi connectivity index (χ0) is 26.4. The number of ketones is 1. The van der Waals surface area contributed by atoms with Gasteiger partial charge < -0.3 is 29.0 Å². The Balaban J connectivity index is 1.52. The van der Waals surface area contributed by atoms with Gasteiger partial charge in [0.05, 0.1) is 36.9 Å². The topological polar surface area (TPSA) is 136 Å². The number of aliphatic hydroxyl groups excluding tert-OH is 1. The van der Waals surface area contributed by atoms with Gasteiger partial charge in [-0.1, -0.05) is 6.07 Å². The molecule has 11 heteroatoms. The Morgan fingerprint density at radius 1 is 1.05 bits per heavy atom. The van der Waals surface area contributed by atoms with Crippen molar-refractivity contribution in [3.63, 3.8) is 0 Å². The molecule has 4 aromatic rings. The second-order valence-electron chi connectivity index (χ2n) is 8.60. The summed E-state index contributed by atoms with van der Waals surface area (Å²) in [5, 5.41) is 11.4. The van der Waals surface area contributed by atoms with Crippen LogP contribution >= 0.6 is 0 Å². The highest BCUT2D eigenvalue weighted by atomic mass is 16.6. The number of H-pyrrole nitrogens is 1. The molecule has 6 rings (SSSR count). The summed E-state index contributed by atoms with van der Waals surface area (Å²) in [7, 11) is 3.02. The molecule has 11 nitrogen and oxygen atoms in total. The number of Topliss-reactive ketones (excluding diaryl/α,β-unsaturated/α-hetero) is 1. The van der Waals surface area contributed by atoms with E-state index in [1.54, 1.807) is 48.7 Å². The van der Waals surface area contributed by atoms with Crippen molar-refractivity contribution >= 4 is 34.4 Å². The molecule has 2 aromatic carbocycles. The minimum Gasteiger partial charge on any atom is -0.507 e. The number of aromatic amines is 1. The number of carbonyl (C=O) groups excluding carboxylic acids is 2. The molecule has 1 saturated heterocycles. The van der Waals surface area contributed by atoms with Crippen LogP contribution in [0.3, 0.4) is 0 Å². The average Bonchev–Trinajstić information content (AvgIpc) is 3.49. The number of anilines is 1. The zero-order valence-corrected chi connectivity index (χ0v) is 20.4. The summed E-state index contributed by atoms with van der Waals surface area (Å²) in [6.07, 6.45) is 3.12. The van der Waals surface area contributed by atoms with E-state index in [0.717, 1.165) is 0 Å². The largest absolute Gasteiger partial charge is 0.507 e. The van der Waals surface area contributed by atoms with Crippen molar-refractivity contribution < 1.29 is 33.6 Å². The van der Waals surface area contributed by atoms with Crippen molar-refractivity contribution in [2.24, 2.45) is 0 Å². The highest BCUT2D eigenvalue weighted by Gasteiger charge is 2.48. The third-order valence-corrected chi connectivity index (χ3v) is 6.46. The lowest BCUT2D eigenvalue weighted by molar-refractivity contribution is -0.132. The fraction of sp³-hybridized carbons (Fsp3) is 0.185. The fourth-order valence-corrected chi connectivity index (χ4v) is 4.69. The van der Waals surface area contributed by atoms with Crippen LogP contribution in [0.2, 0.25) is 0 Å². The van der Waals surface area contributed by atoms with E-state index in [1.165, 1.54) is 25.3 Å². The van der Waals surface area contributed by atoms with E-state index in [4.69, 9.17) is 18.9 Å². The molecular weight excluding hydrogens is 492 g/mol. The number of nitrogens with one attached hydrogen (secondary N) is 1. The van der Waals surface area contributed by atoms with Crippen LogP contribution in [0.25, 0.3) is 16.8 Å². The number of rotatable bonds is 5. The maximum absolute atomic E-state index is 13.4. The lowest BCUT2D eigenvalue weighted by atomic mass is 9.96. The summed E-state index contributed by atoms with van der Waals surface area (Å²) in [6.45, 7) is 0.776. The summed E-state index contributed by atoms with van der Waals surface area (Å²) in [6, 6.07) is 10.6. The maximum Gasteiger partial charge on any atom is 0.302 e. The van der Waals surface area contributed by atoms with Gasteiger partial charge >= 0.3 is 5.91 Å². The molecule has 2 N–H and O–H groups in total. The molecule has 4 heterocycles. The quantitative estimate of drug-likeness (QED) is 0.233. The van der Waals surface area contributed by atoms with E-state index in [1.807, 2.05) is 0 Å². The number of methoxy groups -OCH3 is 2. The lowest BCUT2D eigenvalue weighted by Crippen LogP contribution is -2.30. The van der Waals surface area contributed by atoms with Gasteiger partial charge in [0, 0.05) is 30.1 Å². The fourth-order valence-electron chi connectivity index (χ4n) is 4.69. The predicted octanol–water partition coefficient (Wildman–Crippen LogP) is 3.37. The van der Waals surface area contributed by atoms with Crippen molar-refractivity contribution in [1.29, 1.82) is 0 Å². The Hall–Kier alpha value is -5.06. The summed E-state index contributed by atoms with van der Waals surface area (Å²) in [5.74, 6) is -0.0403. The van der Waals surface area contributed by atoms with Gasteiger partial charge in [-0.2, -0.15) is 0 Å². The van der Waals surface area contributed by atoms with Crippen LogP contribution in [0.5, 0.6) is 23.0 Å². The van der Waals surface area contributed by atoms with Crippen LogP contribution in [0.4, 0.5) is 5.95 Å². The molecule has 1 unspecified atom stereocenters. The van der Waals surface area contributed by atoms with Crippen LogP contribution < -0.4 is 23.8 Å². The maximum atomic E-state index is 13.4. The first kappa shape index (κ1) is 23.3. The molecule has 0 aliphatic carbocycles. The lowest BCUT2D eigenvalue weighted by Gasteiger charge is -2.23. The van der Waals surface area contributed by atoms with Gasteiger partial charge in [-0.3, -0.25) is 19.5 Å². The first-order chi connectivity index (χ1) is 18.5. The number of ether oxygens (including phenoxy) is 4. The van der Waals surface area contributed by atoms with Crippen LogP contribution in [0.15, 0.2) is 60.4 Å². The number of nitrogens with zero attached hydrogens (tertiary/aromatic N) is 3. The highest BCUT2D eigenvalue weighted by molar-refractivity contribution is 6.51. The average molecular weight is 514 g/mol. The van der Waals surface area contributed by atoms with E-state index in [0.29, 0.717) is 58.4 Å². The zero-order valence-electron chi connectivity index (χ0n) is 20.4. The standard InChI is InChI=1S/C27H22N4O7/c1-35-19-11-16-17(12-20(19)36-2)30-27(29-16)31-23(15-4-3-7-28-13-15)22(25(33)26(31)34)24(32)14-5-6-18-21(10-14)38-9-8-37-18/h3-7,10-13,23,32H,8-9H2,1-2H3,(H,29,30)/b24-22+. The minimum absolute atomic E-state index is 0.102. The van der Waals surface area contributed by atoms with Crippen LogP contribution in [0.1, 0.15) is 17.2 Å². The Morgan fingerprint density at radius 2 is 1.82 bits per heavy atom. The Labute approximate surface area is 216 Å². The molecule has 0 bridgehead atoms. The van der Waals surface area contributed by atoms with E-state index < -0.39 is 17.7 Å². The van der Waals surface area contributed by atoms with Gasteiger partial charge in [-0.15, -0.1) is 0 Å². The van der Waals surface area contributed by atoms with Crippen molar-refractivity contribution in [1.82, 2.24) is 15.0 Å². The molecule has 0 saturated carbocycles. The third-order valence-electron chi connectivity index (χ3n) is 6.46. The molecule has 0 radical (unpaired) electrons. The van der Waals surface area contributed by atoms with Crippen molar-refractivity contribution in [2.75, 3.05) is 32.3 Å². The second kappa shape index (κ2) is 9.11. The summed E-state index contributed by atoms with van der Waals surface area (Å²) >= 11 is 0. The molecule has 2 aliphatic rings. The van der Waals surface area contributed by atoms with Gasteiger partial charge in [-0.25, -0.2) is 4.98 Å². The van der Waals surface area contributed by atoms with Crippen LogP contribution in [0, 0.1) is 0 Å². The number of aliphatic hydroxyl groups is 1. The van der Waals surface area contributed by atoms with Gasteiger partial charge in [0.1, 0.15) is 19.0 Å². The molecule has 1 fully saturated rings. The number of carbonyl (C=O) groups is 2. The minimum atomic E-state index is -0.999. The molecule has 1 atom stereocenters. The monoisotopic (exact) mass is 514 g/mol. The van der Waals surface area contributed by atoms with E-state index in [-0.39, 0.29) is 17.3 Å². The van der Waals surface area contributed by atoms with Crippen molar-refractivity contribution in [3.8, 4) is 23.0 Å². The van der Waals surface area contributed by atoms with Gasteiger partial charge in [0.2, 0.25) is 5.95 Å². The number of hydrogen-bond acceptors (Lipinski definition) is 9. The Bertz CT molecular complexity index is 1570. The number of fused-ring (bicyclic) bond motifs is 2. The van der Waals surface area contributed by atoms with E-state index in [9.17, 15) is 14.7 Å². The number of benzene rings is 2. The van der Waals surface area contributed by atoms with Crippen LogP contribution in [-0.2, 0) is 9.59 Å². The smallest absolute Gasteiger partial charge is 0.302 e. The van der Waals surface area contributed by atoms with Gasteiger partial charge in [0.25, 0.3) is 5.78 Å².